The molecule has 3 N–H and O–H groups in total. The smallest absolute Gasteiger partial charge is 0.0923 e. The van der Waals surface area contributed by atoms with E-state index in [-0.39, 0.29) is 5.84 Å². The number of nitrogens with zero attached hydrogens (tertiary/aromatic N) is 1. The van der Waals surface area contributed by atoms with Crippen LogP contribution in [0.1, 0.15) is 12.0 Å². The number of benzene rings is 2. The highest BCUT2D eigenvalue weighted by atomic mass is 15.1. The summed E-state index contributed by atoms with van der Waals surface area (Å²) < 4.78 is 0. The molecule has 0 amide bonds. The minimum atomic E-state index is 0.241. The van der Waals surface area contributed by atoms with Gasteiger partial charge < -0.3 is 10.6 Å². The average Bonchev–Trinajstić information content (AvgIpc) is 2.49. The van der Waals surface area contributed by atoms with Crippen LogP contribution in [0.2, 0.25) is 0 Å². The van der Waals surface area contributed by atoms with Crippen molar-refractivity contribution >= 4 is 11.5 Å². The first-order valence-corrected chi connectivity index (χ1v) is 6.92. The molecular weight excluding hydrogens is 246 g/mol. The van der Waals surface area contributed by atoms with Gasteiger partial charge in [0, 0.05) is 25.2 Å². The molecule has 0 radical (unpaired) electrons. The minimum Gasteiger partial charge on any atom is -0.388 e. The van der Waals surface area contributed by atoms with Crippen LogP contribution in [0.3, 0.4) is 0 Å². The summed E-state index contributed by atoms with van der Waals surface area (Å²) in [4.78, 5) is 2.29. The number of anilines is 1. The first kappa shape index (κ1) is 14.1. The molecule has 0 saturated carbocycles. The maximum absolute atomic E-state index is 7.40. The largest absolute Gasteiger partial charge is 0.388 e. The molecule has 0 saturated heterocycles. The molecule has 0 heterocycles. The molecule has 0 unspecified atom stereocenters. The predicted molar refractivity (Wildman–Crippen MR) is 85.3 cm³/mol. The first-order chi connectivity index (χ1) is 9.75. The predicted octanol–water partition coefficient (Wildman–Crippen LogP) is 3.06. The standard InChI is InChI=1S/C17H21N3/c18-17(19)12-14-20(16-9-5-2-6-10-16)13-11-15-7-3-1-4-8-15/h1-10H,11-14H2,(H3,18,19). The SMILES string of the molecule is N=C(N)CCN(CCc1ccccc1)c1ccccc1. The van der Waals surface area contributed by atoms with Gasteiger partial charge in [-0.3, -0.25) is 5.41 Å². The summed E-state index contributed by atoms with van der Waals surface area (Å²) >= 11 is 0. The van der Waals surface area contributed by atoms with Crippen LogP contribution in [0.5, 0.6) is 0 Å². The molecule has 2 aromatic carbocycles. The van der Waals surface area contributed by atoms with Gasteiger partial charge in [0.1, 0.15) is 0 Å². The molecule has 104 valence electrons. The number of nitrogens with two attached hydrogens (primary N) is 1. The molecule has 0 atom stereocenters. The zero-order chi connectivity index (χ0) is 14.2. The van der Waals surface area contributed by atoms with Crippen molar-refractivity contribution in [2.75, 3.05) is 18.0 Å². The Morgan fingerprint density at radius 3 is 2.10 bits per heavy atom. The molecule has 2 rings (SSSR count). The van der Waals surface area contributed by atoms with Crippen molar-refractivity contribution in [3.63, 3.8) is 0 Å². The summed E-state index contributed by atoms with van der Waals surface area (Å²) in [6, 6.07) is 20.8. The number of nitrogens with one attached hydrogen (secondary N) is 1. The summed E-state index contributed by atoms with van der Waals surface area (Å²) in [6.07, 6.45) is 1.59. The quantitative estimate of drug-likeness (QED) is 0.598. The van der Waals surface area contributed by atoms with Crippen LogP contribution in [-0.4, -0.2) is 18.9 Å². The lowest BCUT2D eigenvalue weighted by Crippen LogP contribution is -2.29. The lowest BCUT2D eigenvalue weighted by Gasteiger charge is -2.24. The zero-order valence-electron chi connectivity index (χ0n) is 11.6. The first-order valence-electron chi connectivity index (χ1n) is 6.92. The Morgan fingerprint density at radius 1 is 0.900 bits per heavy atom. The van der Waals surface area contributed by atoms with Gasteiger partial charge in [-0.2, -0.15) is 0 Å². The van der Waals surface area contributed by atoms with Crippen LogP contribution in [0.25, 0.3) is 0 Å². The lowest BCUT2D eigenvalue weighted by molar-refractivity contribution is 0.785. The molecule has 0 aliphatic carbocycles. The average molecular weight is 267 g/mol. The van der Waals surface area contributed by atoms with Crippen molar-refractivity contribution in [3.8, 4) is 0 Å². The van der Waals surface area contributed by atoms with Gasteiger partial charge in [0.15, 0.2) is 0 Å². The van der Waals surface area contributed by atoms with E-state index in [9.17, 15) is 0 Å². The summed E-state index contributed by atoms with van der Waals surface area (Å²) in [5.74, 6) is 0.241. The Hall–Kier alpha value is -2.29. The Bertz CT molecular complexity index is 522. The van der Waals surface area contributed by atoms with Gasteiger partial charge in [-0.25, -0.2) is 0 Å². The fraction of sp³-hybridized carbons (Fsp3) is 0.235. The summed E-state index contributed by atoms with van der Waals surface area (Å²) in [7, 11) is 0. The second-order valence-electron chi connectivity index (χ2n) is 4.83. The van der Waals surface area contributed by atoms with E-state index in [1.54, 1.807) is 0 Å². The highest BCUT2D eigenvalue weighted by Gasteiger charge is 2.06. The van der Waals surface area contributed by atoms with Gasteiger partial charge in [-0.1, -0.05) is 48.5 Å². The van der Waals surface area contributed by atoms with Gasteiger partial charge in [0.2, 0.25) is 0 Å². The van der Waals surface area contributed by atoms with Crippen molar-refractivity contribution in [1.29, 1.82) is 5.41 Å². The molecule has 3 heteroatoms. The topological polar surface area (TPSA) is 53.1 Å². The Labute approximate surface area is 120 Å². The molecule has 0 aliphatic rings. The van der Waals surface area contributed by atoms with E-state index in [0.29, 0.717) is 6.42 Å². The normalized spacial score (nSPS) is 10.2. The highest BCUT2D eigenvalue weighted by molar-refractivity contribution is 5.77. The molecule has 0 bridgehead atoms. The van der Waals surface area contributed by atoms with E-state index in [0.717, 1.165) is 19.5 Å². The van der Waals surface area contributed by atoms with Gasteiger partial charge in [-0.15, -0.1) is 0 Å². The van der Waals surface area contributed by atoms with Crippen LogP contribution in [0.4, 0.5) is 5.69 Å². The van der Waals surface area contributed by atoms with Gasteiger partial charge in [0.05, 0.1) is 5.84 Å². The van der Waals surface area contributed by atoms with Gasteiger partial charge in [0.25, 0.3) is 0 Å². The number of para-hydroxylation sites is 1. The van der Waals surface area contributed by atoms with Crippen LogP contribution in [-0.2, 0) is 6.42 Å². The molecule has 2 aromatic rings. The number of rotatable bonds is 7. The van der Waals surface area contributed by atoms with Crippen LogP contribution >= 0.6 is 0 Å². The Kier molecular flexibility index (Phi) is 5.18. The van der Waals surface area contributed by atoms with Crippen LogP contribution in [0.15, 0.2) is 60.7 Å². The van der Waals surface area contributed by atoms with E-state index < -0.39 is 0 Å². The maximum atomic E-state index is 7.40. The monoisotopic (exact) mass is 267 g/mol. The lowest BCUT2D eigenvalue weighted by atomic mass is 10.1. The van der Waals surface area contributed by atoms with Crippen molar-refractivity contribution in [3.05, 3.63) is 66.2 Å². The van der Waals surface area contributed by atoms with Crippen molar-refractivity contribution in [2.24, 2.45) is 5.73 Å². The molecular formula is C17H21N3. The van der Waals surface area contributed by atoms with Crippen LogP contribution < -0.4 is 10.6 Å². The second kappa shape index (κ2) is 7.34. The van der Waals surface area contributed by atoms with E-state index in [1.165, 1.54) is 11.3 Å². The minimum absolute atomic E-state index is 0.241. The number of amidine groups is 1. The van der Waals surface area contributed by atoms with Crippen molar-refractivity contribution in [1.82, 2.24) is 0 Å². The maximum Gasteiger partial charge on any atom is 0.0923 e. The molecule has 0 fully saturated rings. The Balaban J connectivity index is 2.01. The summed E-state index contributed by atoms with van der Waals surface area (Å²) in [6.45, 7) is 1.72. The highest BCUT2D eigenvalue weighted by Crippen LogP contribution is 2.14. The van der Waals surface area contributed by atoms with Crippen LogP contribution in [0, 0.1) is 5.41 Å². The van der Waals surface area contributed by atoms with E-state index in [4.69, 9.17) is 11.1 Å². The summed E-state index contributed by atoms with van der Waals surface area (Å²) in [5, 5.41) is 7.40. The molecule has 0 spiro atoms. The molecule has 20 heavy (non-hydrogen) atoms. The zero-order valence-corrected chi connectivity index (χ0v) is 11.6. The van der Waals surface area contributed by atoms with E-state index in [1.807, 2.05) is 24.3 Å². The number of hydrogen-bond donors (Lipinski definition) is 2. The second-order valence-corrected chi connectivity index (χ2v) is 4.83. The van der Waals surface area contributed by atoms with Crippen molar-refractivity contribution in [2.45, 2.75) is 12.8 Å². The van der Waals surface area contributed by atoms with Gasteiger partial charge >= 0.3 is 0 Å². The third-order valence-electron chi connectivity index (χ3n) is 3.29. The number of hydrogen-bond acceptors (Lipinski definition) is 2. The summed E-state index contributed by atoms with van der Waals surface area (Å²) in [5.41, 5.74) is 8.00. The van der Waals surface area contributed by atoms with E-state index >= 15 is 0 Å². The van der Waals surface area contributed by atoms with E-state index in [2.05, 4.69) is 41.3 Å². The van der Waals surface area contributed by atoms with Gasteiger partial charge in [-0.05, 0) is 24.1 Å². The molecule has 3 nitrogen and oxygen atoms in total. The van der Waals surface area contributed by atoms with Crippen molar-refractivity contribution < 1.29 is 0 Å². The fourth-order valence-corrected chi connectivity index (χ4v) is 2.17. The third-order valence-corrected chi connectivity index (χ3v) is 3.29. The fourth-order valence-electron chi connectivity index (χ4n) is 2.17. The Morgan fingerprint density at radius 2 is 1.50 bits per heavy atom. The molecule has 0 aliphatic heterocycles. The molecule has 0 aromatic heterocycles. The third kappa shape index (κ3) is 4.43.